The fraction of sp³-hybridized carbons (Fsp3) is 0.333. The molecule has 112 valence electrons. The summed E-state index contributed by atoms with van der Waals surface area (Å²) in [6.07, 6.45) is 1.48. The standard InChI is InChI=1S/C15H16FNO3S/c1-9(2)13(15(18)19)21-8-12-7-20-14(17-12)10-4-3-5-11(16)6-10/h3-7,9,13H,8H2,1-2H3,(H,18,19). The second kappa shape index (κ2) is 6.76. The van der Waals surface area contributed by atoms with E-state index in [0.717, 1.165) is 0 Å². The largest absolute Gasteiger partial charge is 0.480 e. The van der Waals surface area contributed by atoms with Crippen LogP contribution in [0.1, 0.15) is 19.5 Å². The molecule has 2 rings (SSSR count). The van der Waals surface area contributed by atoms with Crippen molar-refractivity contribution in [2.75, 3.05) is 0 Å². The molecule has 0 aliphatic rings. The van der Waals surface area contributed by atoms with Crippen LogP contribution in [0.25, 0.3) is 11.5 Å². The van der Waals surface area contributed by atoms with Crippen LogP contribution in [0.2, 0.25) is 0 Å². The zero-order valence-electron chi connectivity index (χ0n) is 11.7. The van der Waals surface area contributed by atoms with Crippen LogP contribution >= 0.6 is 11.8 Å². The number of thioether (sulfide) groups is 1. The number of nitrogens with zero attached hydrogens (tertiary/aromatic N) is 1. The Hall–Kier alpha value is -1.82. The van der Waals surface area contributed by atoms with Gasteiger partial charge < -0.3 is 9.52 Å². The lowest BCUT2D eigenvalue weighted by Crippen LogP contribution is -2.22. The van der Waals surface area contributed by atoms with Crippen LogP contribution in [-0.2, 0) is 10.5 Å². The summed E-state index contributed by atoms with van der Waals surface area (Å²) >= 11 is 1.31. The molecule has 2 aromatic rings. The van der Waals surface area contributed by atoms with Crippen LogP contribution < -0.4 is 0 Å². The van der Waals surface area contributed by atoms with Crippen LogP contribution in [-0.4, -0.2) is 21.3 Å². The molecule has 0 fully saturated rings. The molecule has 0 aliphatic heterocycles. The van der Waals surface area contributed by atoms with E-state index in [4.69, 9.17) is 9.52 Å². The Kier molecular flexibility index (Phi) is 5.01. The van der Waals surface area contributed by atoms with Crippen molar-refractivity contribution in [1.29, 1.82) is 0 Å². The Morgan fingerprint density at radius 3 is 2.86 bits per heavy atom. The van der Waals surface area contributed by atoms with Gasteiger partial charge in [0.2, 0.25) is 5.89 Å². The van der Waals surface area contributed by atoms with Gasteiger partial charge in [0.1, 0.15) is 17.3 Å². The summed E-state index contributed by atoms with van der Waals surface area (Å²) < 4.78 is 18.5. The van der Waals surface area contributed by atoms with E-state index in [-0.39, 0.29) is 11.7 Å². The number of aliphatic carboxylic acids is 1. The fourth-order valence-corrected chi connectivity index (χ4v) is 2.86. The first-order valence-electron chi connectivity index (χ1n) is 6.52. The lowest BCUT2D eigenvalue weighted by atomic mass is 10.1. The van der Waals surface area contributed by atoms with Crippen molar-refractivity contribution in [3.8, 4) is 11.5 Å². The number of halogens is 1. The summed E-state index contributed by atoms with van der Waals surface area (Å²) in [6, 6.07) is 5.99. The Balaban J connectivity index is 2.05. The van der Waals surface area contributed by atoms with Gasteiger partial charge in [0.15, 0.2) is 0 Å². The molecule has 4 nitrogen and oxygen atoms in total. The van der Waals surface area contributed by atoms with Gasteiger partial charge in [-0.15, -0.1) is 11.8 Å². The van der Waals surface area contributed by atoms with E-state index in [1.54, 1.807) is 12.1 Å². The van der Waals surface area contributed by atoms with E-state index in [0.29, 0.717) is 22.9 Å². The van der Waals surface area contributed by atoms with Crippen LogP contribution in [0.5, 0.6) is 0 Å². The van der Waals surface area contributed by atoms with Crippen molar-refractivity contribution in [1.82, 2.24) is 4.98 Å². The van der Waals surface area contributed by atoms with Crippen molar-refractivity contribution in [3.05, 3.63) is 42.0 Å². The monoisotopic (exact) mass is 309 g/mol. The van der Waals surface area contributed by atoms with Crippen molar-refractivity contribution in [2.45, 2.75) is 24.9 Å². The molecule has 21 heavy (non-hydrogen) atoms. The topological polar surface area (TPSA) is 63.3 Å². The summed E-state index contributed by atoms with van der Waals surface area (Å²) in [4.78, 5) is 15.4. The Bertz CT molecular complexity index is 627. The number of rotatable bonds is 6. The average Bonchev–Trinajstić information content (AvgIpc) is 2.87. The molecular formula is C15H16FNO3S. The number of benzene rings is 1. The summed E-state index contributed by atoms with van der Waals surface area (Å²) in [5, 5.41) is 8.64. The molecule has 1 heterocycles. The predicted molar refractivity (Wildman–Crippen MR) is 79.5 cm³/mol. The maximum Gasteiger partial charge on any atom is 0.316 e. The highest BCUT2D eigenvalue weighted by Crippen LogP contribution is 2.26. The molecule has 0 amide bonds. The number of carboxylic acid groups (broad SMARTS) is 1. The van der Waals surface area contributed by atoms with E-state index in [2.05, 4.69) is 4.98 Å². The lowest BCUT2D eigenvalue weighted by Gasteiger charge is -2.14. The third-order valence-corrected chi connectivity index (χ3v) is 4.45. The first-order chi connectivity index (χ1) is 9.97. The molecule has 0 bridgehead atoms. The van der Waals surface area contributed by atoms with Gasteiger partial charge in [-0.05, 0) is 24.1 Å². The molecule has 1 unspecified atom stereocenters. The number of carboxylic acids is 1. The minimum atomic E-state index is -0.830. The normalized spacial score (nSPS) is 12.6. The molecule has 1 aromatic carbocycles. The third-order valence-electron chi connectivity index (χ3n) is 2.88. The number of carbonyl (C=O) groups is 1. The highest BCUT2D eigenvalue weighted by molar-refractivity contribution is 7.99. The van der Waals surface area contributed by atoms with Crippen LogP contribution in [0.4, 0.5) is 4.39 Å². The van der Waals surface area contributed by atoms with Crippen molar-refractivity contribution >= 4 is 17.7 Å². The second-order valence-corrected chi connectivity index (χ2v) is 6.10. The van der Waals surface area contributed by atoms with Gasteiger partial charge in [-0.1, -0.05) is 19.9 Å². The zero-order chi connectivity index (χ0) is 15.4. The lowest BCUT2D eigenvalue weighted by molar-refractivity contribution is -0.137. The number of hydrogen-bond donors (Lipinski definition) is 1. The second-order valence-electron chi connectivity index (χ2n) is 4.97. The highest BCUT2D eigenvalue weighted by atomic mass is 32.2. The van der Waals surface area contributed by atoms with Gasteiger partial charge >= 0.3 is 5.97 Å². The Morgan fingerprint density at radius 2 is 2.24 bits per heavy atom. The number of aromatic nitrogens is 1. The Morgan fingerprint density at radius 1 is 1.48 bits per heavy atom. The average molecular weight is 309 g/mol. The summed E-state index contributed by atoms with van der Waals surface area (Å²) in [5.74, 6) is -0.381. The van der Waals surface area contributed by atoms with E-state index < -0.39 is 11.2 Å². The highest BCUT2D eigenvalue weighted by Gasteiger charge is 2.22. The summed E-state index contributed by atoms with van der Waals surface area (Å²) in [7, 11) is 0. The van der Waals surface area contributed by atoms with Crippen molar-refractivity contribution in [3.63, 3.8) is 0 Å². The molecule has 0 saturated heterocycles. The summed E-state index contributed by atoms with van der Waals surface area (Å²) in [6.45, 7) is 3.74. The van der Waals surface area contributed by atoms with Crippen LogP contribution in [0.3, 0.4) is 0 Å². The van der Waals surface area contributed by atoms with Crippen molar-refractivity contribution in [2.24, 2.45) is 5.92 Å². The first kappa shape index (κ1) is 15.6. The van der Waals surface area contributed by atoms with E-state index >= 15 is 0 Å². The summed E-state index contributed by atoms with van der Waals surface area (Å²) in [5.41, 5.74) is 1.20. The van der Waals surface area contributed by atoms with Crippen LogP contribution in [0.15, 0.2) is 34.9 Å². The van der Waals surface area contributed by atoms with Gasteiger partial charge in [0, 0.05) is 11.3 Å². The number of oxazole rings is 1. The maximum absolute atomic E-state index is 13.2. The van der Waals surface area contributed by atoms with Gasteiger partial charge in [0.25, 0.3) is 0 Å². The van der Waals surface area contributed by atoms with E-state index in [1.165, 1.54) is 30.2 Å². The minimum Gasteiger partial charge on any atom is -0.480 e. The molecular weight excluding hydrogens is 293 g/mol. The minimum absolute atomic E-state index is 0.0297. The maximum atomic E-state index is 13.2. The Labute approximate surface area is 126 Å². The fourth-order valence-electron chi connectivity index (χ4n) is 1.85. The third kappa shape index (κ3) is 4.07. The molecule has 1 atom stereocenters. The molecule has 0 spiro atoms. The van der Waals surface area contributed by atoms with Gasteiger partial charge in [0.05, 0.1) is 5.69 Å². The van der Waals surface area contributed by atoms with E-state index in [1.807, 2.05) is 13.8 Å². The molecule has 1 N–H and O–H groups in total. The van der Waals surface area contributed by atoms with Crippen molar-refractivity contribution < 1.29 is 18.7 Å². The molecule has 6 heteroatoms. The van der Waals surface area contributed by atoms with Gasteiger partial charge in [-0.25, -0.2) is 9.37 Å². The smallest absolute Gasteiger partial charge is 0.316 e. The quantitative estimate of drug-likeness (QED) is 0.878. The predicted octanol–water partition coefficient (Wildman–Crippen LogP) is 3.82. The molecule has 0 aliphatic carbocycles. The molecule has 0 radical (unpaired) electrons. The van der Waals surface area contributed by atoms with Gasteiger partial charge in [-0.3, -0.25) is 4.79 Å². The first-order valence-corrected chi connectivity index (χ1v) is 7.57. The van der Waals surface area contributed by atoms with Crippen LogP contribution in [0, 0.1) is 11.7 Å². The molecule has 0 saturated carbocycles. The van der Waals surface area contributed by atoms with Gasteiger partial charge in [-0.2, -0.15) is 0 Å². The number of hydrogen-bond acceptors (Lipinski definition) is 4. The molecule has 1 aromatic heterocycles. The van der Waals surface area contributed by atoms with E-state index in [9.17, 15) is 9.18 Å². The zero-order valence-corrected chi connectivity index (χ0v) is 12.6. The SMILES string of the molecule is CC(C)C(SCc1coc(-c2cccc(F)c2)n1)C(=O)O.